The summed E-state index contributed by atoms with van der Waals surface area (Å²) in [6.45, 7) is 4.95. The van der Waals surface area contributed by atoms with E-state index in [4.69, 9.17) is 0 Å². The number of benzene rings is 2. The normalized spacial score (nSPS) is 10.7. The van der Waals surface area contributed by atoms with E-state index in [1.165, 1.54) is 17.7 Å². The minimum Gasteiger partial charge on any atom is -0.368 e. The lowest BCUT2D eigenvalue weighted by atomic mass is 10.0. The topological polar surface area (TPSA) is 37.8 Å². The smallest absolute Gasteiger partial charge is 0.151 e. The Morgan fingerprint density at radius 2 is 1.58 bits per heavy atom. The predicted octanol–water partition coefficient (Wildman–Crippen LogP) is 5.33. The molecule has 3 rings (SSSR count). The lowest BCUT2D eigenvalue weighted by molar-refractivity contribution is 0.628. The monoisotopic (exact) mass is 349 g/mol. The number of nitrogens with one attached hydrogen (secondary N) is 1. The molecule has 0 saturated heterocycles. The quantitative estimate of drug-likeness (QED) is 0.586. The van der Waals surface area contributed by atoms with Crippen LogP contribution in [0.5, 0.6) is 0 Å². The maximum absolute atomic E-state index is 13.1. The summed E-state index contributed by atoms with van der Waals surface area (Å²) in [5, 5.41) is 12.1. The first-order valence-electron chi connectivity index (χ1n) is 9.03. The van der Waals surface area contributed by atoms with Gasteiger partial charge in [0.25, 0.3) is 0 Å². The van der Waals surface area contributed by atoms with Gasteiger partial charge in [-0.3, -0.25) is 0 Å². The molecule has 1 aromatic heterocycles. The van der Waals surface area contributed by atoms with E-state index in [1.807, 2.05) is 19.9 Å². The highest BCUT2D eigenvalue weighted by Crippen LogP contribution is 2.26. The number of aromatic nitrogens is 2. The zero-order valence-corrected chi connectivity index (χ0v) is 15.3. The highest BCUT2D eigenvalue weighted by atomic mass is 19.1. The Morgan fingerprint density at radius 1 is 0.846 bits per heavy atom. The van der Waals surface area contributed by atoms with E-state index in [-0.39, 0.29) is 5.82 Å². The second-order valence-electron chi connectivity index (χ2n) is 6.52. The van der Waals surface area contributed by atoms with Gasteiger partial charge in [-0.2, -0.15) is 0 Å². The van der Waals surface area contributed by atoms with Gasteiger partial charge in [-0.1, -0.05) is 30.3 Å². The van der Waals surface area contributed by atoms with Crippen molar-refractivity contribution in [3.8, 4) is 11.3 Å². The van der Waals surface area contributed by atoms with E-state index in [0.717, 1.165) is 54.0 Å². The minimum absolute atomic E-state index is 0.245. The summed E-state index contributed by atoms with van der Waals surface area (Å²) in [5.41, 5.74) is 5.22. The van der Waals surface area contributed by atoms with Crippen molar-refractivity contribution in [1.29, 1.82) is 0 Å². The van der Waals surface area contributed by atoms with Crippen LogP contribution in [0.4, 0.5) is 10.2 Å². The second kappa shape index (κ2) is 8.56. The van der Waals surface area contributed by atoms with Gasteiger partial charge in [0.15, 0.2) is 5.82 Å². The van der Waals surface area contributed by atoms with Crippen molar-refractivity contribution >= 4 is 5.82 Å². The molecule has 0 amide bonds. The molecule has 4 heteroatoms. The van der Waals surface area contributed by atoms with Crippen molar-refractivity contribution in [2.24, 2.45) is 0 Å². The number of rotatable bonds is 7. The Bertz CT molecular complexity index is 845. The van der Waals surface area contributed by atoms with Crippen LogP contribution >= 0.6 is 0 Å². The van der Waals surface area contributed by atoms with E-state index in [9.17, 15) is 4.39 Å². The fourth-order valence-electron chi connectivity index (χ4n) is 2.96. The summed E-state index contributed by atoms with van der Waals surface area (Å²) in [7, 11) is 0. The summed E-state index contributed by atoms with van der Waals surface area (Å²) in [6.07, 6.45) is 3.31. The third-order valence-electron chi connectivity index (χ3n) is 4.67. The van der Waals surface area contributed by atoms with Crippen molar-refractivity contribution in [3.05, 3.63) is 77.1 Å². The maximum Gasteiger partial charge on any atom is 0.151 e. The number of aryl methyl sites for hydroxylation is 1. The number of hydrogen-bond donors (Lipinski definition) is 1. The van der Waals surface area contributed by atoms with Crippen LogP contribution < -0.4 is 5.32 Å². The lowest BCUT2D eigenvalue weighted by Crippen LogP contribution is -2.08. The summed E-state index contributed by atoms with van der Waals surface area (Å²) < 4.78 is 13.1. The molecule has 2 aromatic carbocycles. The van der Waals surface area contributed by atoms with Gasteiger partial charge in [0.1, 0.15) is 5.82 Å². The Balaban J connectivity index is 1.57. The molecule has 0 fully saturated rings. The number of anilines is 1. The summed E-state index contributed by atoms with van der Waals surface area (Å²) in [4.78, 5) is 0. The minimum atomic E-state index is -0.245. The average molecular weight is 349 g/mol. The molecular weight excluding hydrogens is 325 g/mol. The van der Waals surface area contributed by atoms with Gasteiger partial charge < -0.3 is 5.32 Å². The maximum atomic E-state index is 13.1. The van der Waals surface area contributed by atoms with Gasteiger partial charge in [0.05, 0.1) is 5.69 Å². The van der Waals surface area contributed by atoms with Gasteiger partial charge in [-0.25, -0.2) is 4.39 Å². The van der Waals surface area contributed by atoms with E-state index < -0.39 is 0 Å². The Kier molecular flexibility index (Phi) is 5.95. The van der Waals surface area contributed by atoms with E-state index in [2.05, 4.69) is 39.8 Å². The van der Waals surface area contributed by atoms with E-state index in [1.54, 1.807) is 12.1 Å². The second-order valence-corrected chi connectivity index (χ2v) is 6.52. The first-order valence-corrected chi connectivity index (χ1v) is 9.03. The molecule has 0 spiro atoms. The SMILES string of the molecule is Cc1c(NCCCCc2ccccc2)nnc(-c2ccc(F)cc2)c1C. The predicted molar refractivity (Wildman–Crippen MR) is 105 cm³/mol. The van der Waals surface area contributed by atoms with Crippen LogP contribution in [0.25, 0.3) is 11.3 Å². The molecule has 0 aliphatic carbocycles. The molecule has 0 unspecified atom stereocenters. The zero-order valence-electron chi connectivity index (χ0n) is 15.3. The molecular formula is C22H24FN3. The summed E-state index contributed by atoms with van der Waals surface area (Å²) >= 11 is 0. The Labute approximate surface area is 154 Å². The molecule has 3 nitrogen and oxygen atoms in total. The Morgan fingerprint density at radius 3 is 2.31 bits per heavy atom. The van der Waals surface area contributed by atoms with E-state index >= 15 is 0 Å². The molecule has 134 valence electrons. The van der Waals surface area contributed by atoms with Crippen molar-refractivity contribution in [3.63, 3.8) is 0 Å². The number of halogens is 1. The third-order valence-corrected chi connectivity index (χ3v) is 4.67. The zero-order chi connectivity index (χ0) is 18.4. The molecule has 26 heavy (non-hydrogen) atoms. The molecule has 0 saturated carbocycles. The van der Waals surface area contributed by atoms with Gasteiger partial charge >= 0.3 is 0 Å². The number of unbranched alkanes of at least 4 members (excludes halogenated alkanes) is 1. The fourth-order valence-corrected chi connectivity index (χ4v) is 2.96. The van der Waals surface area contributed by atoms with E-state index in [0.29, 0.717) is 0 Å². The molecule has 0 radical (unpaired) electrons. The van der Waals surface area contributed by atoms with Gasteiger partial charge in [0, 0.05) is 12.1 Å². The molecule has 0 aliphatic rings. The Hall–Kier alpha value is -2.75. The van der Waals surface area contributed by atoms with Gasteiger partial charge in [-0.05, 0) is 74.1 Å². The number of hydrogen-bond acceptors (Lipinski definition) is 3. The largest absolute Gasteiger partial charge is 0.368 e. The molecule has 3 aromatic rings. The van der Waals surface area contributed by atoms with Crippen LogP contribution in [0.2, 0.25) is 0 Å². The highest BCUT2D eigenvalue weighted by Gasteiger charge is 2.11. The van der Waals surface area contributed by atoms with Crippen molar-refractivity contribution < 1.29 is 4.39 Å². The molecule has 1 heterocycles. The van der Waals surface area contributed by atoms with Crippen LogP contribution in [0.15, 0.2) is 54.6 Å². The first kappa shape index (κ1) is 18.1. The first-order chi connectivity index (χ1) is 12.6. The average Bonchev–Trinajstić information content (AvgIpc) is 2.67. The molecule has 0 atom stereocenters. The summed E-state index contributed by atoms with van der Waals surface area (Å²) in [5.74, 6) is 0.581. The number of nitrogens with zero attached hydrogens (tertiary/aromatic N) is 2. The van der Waals surface area contributed by atoms with Crippen LogP contribution in [0.3, 0.4) is 0 Å². The van der Waals surface area contributed by atoms with Crippen LogP contribution in [0.1, 0.15) is 29.5 Å². The van der Waals surface area contributed by atoms with Gasteiger partial charge in [0.2, 0.25) is 0 Å². The van der Waals surface area contributed by atoms with Gasteiger partial charge in [-0.15, -0.1) is 10.2 Å². The molecule has 0 bridgehead atoms. The highest BCUT2D eigenvalue weighted by molar-refractivity contribution is 5.66. The lowest BCUT2D eigenvalue weighted by Gasteiger charge is -2.13. The van der Waals surface area contributed by atoms with Crippen molar-refractivity contribution in [2.75, 3.05) is 11.9 Å². The standard InChI is InChI=1S/C22H24FN3/c1-16-17(2)22(24-15-7-6-10-18-8-4-3-5-9-18)26-25-21(16)19-11-13-20(23)14-12-19/h3-5,8-9,11-14H,6-7,10,15H2,1-2H3,(H,24,26). The fraction of sp³-hybridized carbons (Fsp3) is 0.273. The van der Waals surface area contributed by atoms with Crippen LogP contribution in [0, 0.1) is 19.7 Å². The van der Waals surface area contributed by atoms with Crippen molar-refractivity contribution in [2.45, 2.75) is 33.1 Å². The van der Waals surface area contributed by atoms with Crippen LogP contribution in [-0.4, -0.2) is 16.7 Å². The summed E-state index contributed by atoms with van der Waals surface area (Å²) in [6, 6.07) is 16.9. The molecule has 1 N–H and O–H groups in total. The molecule has 0 aliphatic heterocycles. The van der Waals surface area contributed by atoms with Crippen molar-refractivity contribution in [1.82, 2.24) is 10.2 Å². The van der Waals surface area contributed by atoms with Crippen LogP contribution in [-0.2, 0) is 6.42 Å². The third kappa shape index (κ3) is 4.45.